The van der Waals surface area contributed by atoms with Gasteiger partial charge in [-0.2, -0.15) is 0 Å². The van der Waals surface area contributed by atoms with Crippen LogP contribution in [0.4, 0.5) is 5.69 Å². The minimum absolute atomic E-state index is 0.513. The molecule has 1 aromatic rings. The average molecular weight is 290 g/mol. The van der Waals surface area contributed by atoms with Crippen molar-refractivity contribution in [3.8, 4) is 0 Å². The van der Waals surface area contributed by atoms with Crippen molar-refractivity contribution in [1.29, 1.82) is 5.41 Å². The van der Waals surface area contributed by atoms with E-state index in [0.29, 0.717) is 16.4 Å². The summed E-state index contributed by atoms with van der Waals surface area (Å²) in [4.78, 5) is 2.46. The lowest BCUT2D eigenvalue weighted by Gasteiger charge is -2.27. The third-order valence-corrected chi connectivity index (χ3v) is 4.42. The van der Waals surface area contributed by atoms with Crippen molar-refractivity contribution >= 4 is 23.0 Å². The molecule has 0 radical (unpaired) electrons. The van der Waals surface area contributed by atoms with Crippen molar-refractivity contribution in [2.45, 2.75) is 19.3 Å². The van der Waals surface area contributed by atoms with E-state index in [4.69, 9.17) is 22.7 Å². The molecule has 4 heteroatoms. The van der Waals surface area contributed by atoms with Crippen molar-refractivity contribution < 1.29 is 0 Å². The highest BCUT2D eigenvalue weighted by molar-refractivity contribution is 6.34. The first-order valence-electron chi connectivity index (χ1n) is 7.20. The lowest BCUT2D eigenvalue weighted by Crippen LogP contribution is -2.34. The zero-order valence-electron chi connectivity index (χ0n) is 11.5. The van der Waals surface area contributed by atoms with Gasteiger partial charge in [-0.1, -0.05) is 29.8 Å². The smallest absolute Gasteiger partial charge is 0.0675 e. The predicted molar refractivity (Wildman–Crippen MR) is 84.6 cm³/mol. The molecule has 106 valence electrons. The molecule has 1 aliphatic heterocycles. The molecule has 1 fully saturated rings. The second-order valence-electron chi connectivity index (χ2n) is 5.77. The normalized spacial score (nSPS) is 19.8. The lowest BCUT2D eigenvalue weighted by atomic mass is 9.97. The SMILES string of the molecule is N=C(C1=CCCN(CC2CC2)C1)c1cccc(Cl)c1N. The molecule has 1 heterocycles. The summed E-state index contributed by atoms with van der Waals surface area (Å²) in [6, 6.07) is 5.50. The third kappa shape index (κ3) is 2.89. The predicted octanol–water partition coefficient (Wildman–Crippen LogP) is 3.33. The Morgan fingerprint density at radius 2 is 2.20 bits per heavy atom. The topological polar surface area (TPSA) is 53.1 Å². The van der Waals surface area contributed by atoms with Crippen molar-refractivity contribution in [2.24, 2.45) is 5.92 Å². The maximum absolute atomic E-state index is 8.42. The largest absolute Gasteiger partial charge is 0.397 e. The van der Waals surface area contributed by atoms with Crippen molar-refractivity contribution in [3.05, 3.63) is 40.4 Å². The molecule has 0 unspecified atom stereocenters. The molecule has 0 spiro atoms. The Bertz CT molecular complexity index is 561. The minimum Gasteiger partial charge on any atom is -0.397 e. The van der Waals surface area contributed by atoms with Crippen molar-refractivity contribution in [1.82, 2.24) is 4.90 Å². The number of anilines is 1. The fourth-order valence-corrected chi connectivity index (χ4v) is 2.91. The number of hydrogen-bond acceptors (Lipinski definition) is 3. The monoisotopic (exact) mass is 289 g/mol. The molecule has 0 bridgehead atoms. The van der Waals surface area contributed by atoms with Crippen LogP contribution < -0.4 is 5.73 Å². The van der Waals surface area contributed by atoms with Gasteiger partial charge in [-0.05, 0) is 36.8 Å². The van der Waals surface area contributed by atoms with Gasteiger partial charge in [0.2, 0.25) is 0 Å². The molecule has 0 atom stereocenters. The maximum atomic E-state index is 8.42. The highest BCUT2D eigenvalue weighted by Gasteiger charge is 2.26. The Hall–Kier alpha value is -1.32. The quantitative estimate of drug-likeness (QED) is 0.660. The highest BCUT2D eigenvalue weighted by Crippen LogP contribution is 2.31. The van der Waals surface area contributed by atoms with Crippen LogP contribution in [0.2, 0.25) is 5.02 Å². The van der Waals surface area contributed by atoms with Crippen LogP contribution in [0.1, 0.15) is 24.8 Å². The van der Waals surface area contributed by atoms with Gasteiger partial charge in [-0.15, -0.1) is 0 Å². The van der Waals surface area contributed by atoms with Crippen molar-refractivity contribution in [3.63, 3.8) is 0 Å². The van der Waals surface area contributed by atoms with Gasteiger partial charge >= 0.3 is 0 Å². The summed E-state index contributed by atoms with van der Waals surface area (Å²) >= 11 is 6.05. The second-order valence-corrected chi connectivity index (χ2v) is 6.18. The number of halogens is 1. The number of hydrogen-bond donors (Lipinski definition) is 2. The van der Waals surface area contributed by atoms with E-state index in [1.54, 1.807) is 6.07 Å². The van der Waals surface area contributed by atoms with E-state index in [1.807, 2.05) is 12.1 Å². The van der Waals surface area contributed by atoms with Crippen LogP contribution in [-0.4, -0.2) is 30.2 Å². The van der Waals surface area contributed by atoms with Gasteiger partial charge in [-0.25, -0.2) is 0 Å². The highest BCUT2D eigenvalue weighted by atomic mass is 35.5. The van der Waals surface area contributed by atoms with Gasteiger partial charge < -0.3 is 5.73 Å². The molecule has 1 aliphatic carbocycles. The lowest BCUT2D eigenvalue weighted by molar-refractivity contribution is 0.283. The standard InChI is InChI=1S/C16H20ClN3/c17-14-5-1-4-13(16(14)19)15(18)12-3-2-8-20(10-12)9-11-6-7-11/h1,3-5,11,18H,2,6-10,19H2. The molecule has 2 aliphatic rings. The van der Waals surface area contributed by atoms with E-state index >= 15 is 0 Å². The van der Waals surface area contributed by atoms with E-state index in [9.17, 15) is 0 Å². The molecule has 20 heavy (non-hydrogen) atoms. The Labute approximate surface area is 124 Å². The number of rotatable bonds is 4. The summed E-state index contributed by atoms with van der Waals surface area (Å²) in [7, 11) is 0. The van der Waals surface area contributed by atoms with Crippen LogP contribution in [0.3, 0.4) is 0 Å². The number of para-hydroxylation sites is 1. The van der Waals surface area contributed by atoms with E-state index < -0.39 is 0 Å². The van der Waals surface area contributed by atoms with Crippen LogP contribution in [-0.2, 0) is 0 Å². The maximum Gasteiger partial charge on any atom is 0.0675 e. The first-order chi connectivity index (χ1) is 9.65. The van der Waals surface area contributed by atoms with Crippen LogP contribution in [0.5, 0.6) is 0 Å². The fraction of sp³-hybridized carbons (Fsp3) is 0.438. The summed E-state index contributed by atoms with van der Waals surface area (Å²) < 4.78 is 0. The minimum atomic E-state index is 0.513. The van der Waals surface area contributed by atoms with E-state index in [1.165, 1.54) is 19.4 Å². The Morgan fingerprint density at radius 1 is 1.40 bits per heavy atom. The third-order valence-electron chi connectivity index (χ3n) is 4.09. The van der Waals surface area contributed by atoms with E-state index in [-0.39, 0.29) is 0 Å². The molecule has 1 aromatic carbocycles. The molecule has 3 N–H and O–H groups in total. The van der Waals surface area contributed by atoms with Gasteiger partial charge in [-0.3, -0.25) is 10.3 Å². The number of benzene rings is 1. The van der Waals surface area contributed by atoms with Gasteiger partial charge in [0.1, 0.15) is 0 Å². The summed E-state index contributed by atoms with van der Waals surface area (Å²) in [6.45, 7) is 3.15. The number of nitrogens with zero attached hydrogens (tertiary/aromatic N) is 1. The Morgan fingerprint density at radius 3 is 2.95 bits per heavy atom. The van der Waals surface area contributed by atoms with Crippen LogP contribution in [0.15, 0.2) is 29.8 Å². The molecule has 1 saturated carbocycles. The first kappa shape index (κ1) is 13.7. The molecule has 0 amide bonds. The van der Waals surface area contributed by atoms with Crippen LogP contribution in [0, 0.1) is 11.3 Å². The van der Waals surface area contributed by atoms with Gasteiger partial charge in [0, 0.05) is 25.2 Å². The summed E-state index contributed by atoms with van der Waals surface area (Å²) in [6.07, 6.45) is 5.93. The molecular weight excluding hydrogens is 270 g/mol. The number of nitrogen functional groups attached to an aromatic ring is 1. The van der Waals surface area contributed by atoms with E-state index in [2.05, 4.69) is 11.0 Å². The van der Waals surface area contributed by atoms with Gasteiger partial charge in [0.15, 0.2) is 0 Å². The zero-order chi connectivity index (χ0) is 14.1. The number of nitrogens with two attached hydrogens (primary N) is 1. The average Bonchev–Trinajstić information content (AvgIpc) is 3.25. The summed E-state index contributed by atoms with van der Waals surface area (Å²) in [5.74, 6) is 0.889. The van der Waals surface area contributed by atoms with Crippen LogP contribution in [0.25, 0.3) is 0 Å². The molecule has 0 aromatic heterocycles. The second kappa shape index (κ2) is 5.58. The Kier molecular flexibility index (Phi) is 3.81. The fourth-order valence-electron chi connectivity index (χ4n) is 2.74. The van der Waals surface area contributed by atoms with Gasteiger partial charge in [0.25, 0.3) is 0 Å². The first-order valence-corrected chi connectivity index (χ1v) is 7.57. The van der Waals surface area contributed by atoms with Crippen LogP contribution >= 0.6 is 11.6 Å². The summed E-state index contributed by atoms with van der Waals surface area (Å²) in [5, 5.41) is 8.94. The van der Waals surface area contributed by atoms with Gasteiger partial charge in [0.05, 0.1) is 16.4 Å². The number of nitrogens with one attached hydrogen (secondary N) is 1. The molecular formula is C16H20ClN3. The van der Waals surface area contributed by atoms with Crippen molar-refractivity contribution in [2.75, 3.05) is 25.4 Å². The summed E-state index contributed by atoms with van der Waals surface area (Å²) in [5.41, 5.74) is 8.86. The molecule has 3 rings (SSSR count). The zero-order valence-corrected chi connectivity index (χ0v) is 12.3. The molecule has 0 saturated heterocycles. The Balaban J connectivity index is 1.75. The molecule has 3 nitrogen and oxygen atoms in total. The van der Waals surface area contributed by atoms with E-state index in [0.717, 1.165) is 36.6 Å².